The Morgan fingerprint density at radius 1 is 1.32 bits per heavy atom. The fourth-order valence-corrected chi connectivity index (χ4v) is 4.14. The lowest BCUT2D eigenvalue weighted by Crippen LogP contribution is -2.27. The van der Waals surface area contributed by atoms with Crippen LogP contribution in [0.3, 0.4) is 0 Å². The largest absolute Gasteiger partial charge is 0.309 e. The van der Waals surface area contributed by atoms with Crippen LogP contribution in [0, 0.1) is 6.92 Å². The molecular formula is C17H21NS. The lowest BCUT2D eigenvalue weighted by molar-refractivity contribution is 0.439. The molecule has 1 aromatic carbocycles. The Morgan fingerprint density at radius 3 is 2.84 bits per heavy atom. The third-order valence-corrected chi connectivity index (χ3v) is 5.28. The maximum atomic E-state index is 3.67. The van der Waals surface area contributed by atoms with Crippen LogP contribution in [0.1, 0.15) is 46.9 Å². The van der Waals surface area contributed by atoms with E-state index in [0.717, 1.165) is 12.5 Å². The molecule has 0 saturated heterocycles. The highest BCUT2D eigenvalue weighted by Gasteiger charge is 2.29. The van der Waals surface area contributed by atoms with Crippen molar-refractivity contribution >= 4 is 11.3 Å². The number of aryl methyl sites for hydroxylation is 1. The molecule has 0 bridgehead atoms. The van der Waals surface area contributed by atoms with Crippen molar-refractivity contribution < 1.29 is 0 Å². The molecule has 0 saturated carbocycles. The fourth-order valence-electron chi connectivity index (χ4n) is 3.13. The van der Waals surface area contributed by atoms with E-state index in [1.165, 1.54) is 23.3 Å². The summed E-state index contributed by atoms with van der Waals surface area (Å²) >= 11 is 1.89. The standard InChI is InChI=1S/C17H21NS/c1-3-18-16(17-12(2)8-9-19-17)11-14-10-13-6-4-5-7-15(13)14/h4-9,14,16,18H,3,10-11H2,1-2H3. The van der Waals surface area contributed by atoms with Crippen LogP contribution in [0.5, 0.6) is 0 Å². The normalized spacial score (nSPS) is 18.7. The molecule has 0 amide bonds. The number of benzene rings is 1. The summed E-state index contributed by atoms with van der Waals surface area (Å²) in [7, 11) is 0. The van der Waals surface area contributed by atoms with E-state index in [9.17, 15) is 0 Å². The van der Waals surface area contributed by atoms with Gasteiger partial charge in [-0.1, -0.05) is 31.2 Å². The Labute approximate surface area is 119 Å². The molecule has 1 aliphatic rings. The van der Waals surface area contributed by atoms with Crippen molar-refractivity contribution in [3.05, 3.63) is 57.3 Å². The minimum Gasteiger partial charge on any atom is -0.309 e. The Balaban J connectivity index is 1.76. The molecule has 1 N–H and O–H groups in total. The summed E-state index contributed by atoms with van der Waals surface area (Å²) in [6.45, 7) is 5.46. The van der Waals surface area contributed by atoms with Crippen molar-refractivity contribution in [3.8, 4) is 0 Å². The van der Waals surface area contributed by atoms with Gasteiger partial charge in [-0.25, -0.2) is 0 Å². The van der Waals surface area contributed by atoms with Crippen LogP contribution in [-0.2, 0) is 6.42 Å². The highest BCUT2D eigenvalue weighted by Crippen LogP contribution is 2.41. The molecule has 2 atom stereocenters. The van der Waals surface area contributed by atoms with Crippen molar-refractivity contribution in [1.82, 2.24) is 5.32 Å². The van der Waals surface area contributed by atoms with Crippen molar-refractivity contribution in [2.45, 2.75) is 38.6 Å². The van der Waals surface area contributed by atoms with Gasteiger partial charge < -0.3 is 5.32 Å². The first-order valence-electron chi connectivity index (χ1n) is 7.14. The van der Waals surface area contributed by atoms with Crippen molar-refractivity contribution in [1.29, 1.82) is 0 Å². The van der Waals surface area contributed by atoms with E-state index in [2.05, 4.69) is 54.9 Å². The van der Waals surface area contributed by atoms with Gasteiger partial charge in [-0.3, -0.25) is 0 Å². The zero-order chi connectivity index (χ0) is 13.2. The van der Waals surface area contributed by atoms with E-state index in [0.29, 0.717) is 6.04 Å². The van der Waals surface area contributed by atoms with Crippen LogP contribution >= 0.6 is 11.3 Å². The van der Waals surface area contributed by atoms with Crippen LogP contribution < -0.4 is 5.32 Å². The molecule has 19 heavy (non-hydrogen) atoms. The van der Waals surface area contributed by atoms with E-state index in [4.69, 9.17) is 0 Å². The first-order valence-corrected chi connectivity index (χ1v) is 8.02. The molecule has 2 heteroatoms. The number of hydrogen-bond donors (Lipinski definition) is 1. The second-order valence-electron chi connectivity index (χ2n) is 5.41. The molecule has 2 aromatic rings. The van der Waals surface area contributed by atoms with Crippen LogP contribution in [0.15, 0.2) is 35.7 Å². The molecule has 0 spiro atoms. The average Bonchev–Trinajstić information content (AvgIpc) is 2.81. The molecule has 1 heterocycles. The van der Waals surface area contributed by atoms with E-state index in [1.807, 2.05) is 11.3 Å². The van der Waals surface area contributed by atoms with Gasteiger partial charge in [0.15, 0.2) is 0 Å². The summed E-state index contributed by atoms with van der Waals surface area (Å²) in [6, 6.07) is 11.6. The average molecular weight is 271 g/mol. The minimum atomic E-state index is 0.517. The summed E-state index contributed by atoms with van der Waals surface area (Å²) in [5, 5.41) is 5.88. The summed E-state index contributed by atoms with van der Waals surface area (Å²) in [6.07, 6.45) is 2.48. The van der Waals surface area contributed by atoms with E-state index >= 15 is 0 Å². The monoisotopic (exact) mass is 271 g/mol. The van der Waals surface area contributed by atoms with Gasteiger partial charge in [-0.2, -0.15) is 0 Å². The highest BCUT2D eigenvalue weighted by atomic mass is 32.1. The second kappa shape index (κ2) is 5.48. The van der Waals surface area contributed by atoms with Gasteiger partial charge in [0.25, 0.3) is 0 Å². The number of hydrogen-bond acceptors (Lipinski definition) is 2. The van der Waals surface area contributed by atoms with Gasteiger partial charge in [-0.05, 0) is 60.4 Å². The molecule has 1 aliphatic carbocycles. The quantitative estimate of drug-likeness (QED) is 0.848. The summed E-state index contributed by atoms with van der Waals surface area (Å²) in [5.74, 6) is 0.738. The maximum Gasteiger partial charge on any atom is 0.0423 e. The topological polar surface area (TPSA) is 12.0 Å². The van der Waals surface area contributed by atoms with Gasteiger partial charge in [-0.15, -0.1) is 11.3 Å². The van der Waals surface area contributed by atoms with Gasteiger partial charge >= 0.3 is 0 Å². The van der Waals surface area contributed by atoms with Crippen molar-refractivity contribution in [2.24, 2.45) is 0 Å². The number of fused-ring (bicyclic) bond motifs is 1. The third-order valence-electron chi connectivity index (χ3n) is 4.15. The summed E-state index contributed by atoms with van der Waals surface area (Å²) < 4.78 is 0. The molecule has 3 rings (SSSR count). The predicted octanol–water partition coefficient (Wildman–Crippen LogP) is 4.44. The summed E-state index contributed by atoms with van der Waals surface area (Å²) in [5.41, 5.74) is 4.55. The molecular weight excluding hydrogens is 250 g/mol. The highest BCUT2D eigenvalue weighted by molar-refractivity contribution is 7.10. The Bertz CT molecular complexity index is 558. The van der Waals surface area contributed by atoms with Crippen LogP contribution in [-0.4, -0.2) is 6.54 Å². The van der Waals surface area contributed by atoms with E-state index in [-0.39, 0.29) is 0 Å². The Hall–Kier alpha value is -1.12. The molecule has 1 aromatic heterocycles. The van der Waals surface area contributed by atoms with Crippen LogP contribution in [0.2, 0.25) is 0 Å². The molecule has 1 nitrogen and oxygen atoms in total. The van der Waals surface area contributed by atoms with Crippen LogP contribution in [0.25, 0.3) is 0 Å². The molecule has 0 fully saturated rings. The number of nitrogens with one attached hydrogen (secondary N) is 1. The van der Waals surface area contributed by atoms with Crippen LogP contribution in [0.4, 0.5) is 0 Å². The Kier molecular flexibility index (Phi) is 3.72. The molecule has 2 unspecified atom stereocenters. The van der Waals surface area contributed by atoms with Gasteiger partial charge in [0.05, 0.1) is 0 Å². The first-order chi connectivity index (χ1) is 9.29. The van der Waals surface area contributed by atoms with Gasteiger partial charge in [0.1, 0.15) is 0 Å². The van der Waals surface area contributed by atoms with Crippen molar-refractivity contribution in [2.75, 3.05) is 6.54 Å². The zero-order valence-corrected chi connectivity index (χ0v) is 12.5. The minimum absolute atomic E-state index is 0.517. The lowest BCUT2D eigenvalue weighted by atomic mass is 9.74. The second-order valence-corrected chi connectivity index (χ2v) is 6.36. The summed E-state index contributed by atoms with van der Waals surface area (Å²) in [4.78, 5) is 1.52. The fraction of sp³-hybridized carbons (Fsp3) is 0.412. The SMILES string of the molecule is CCNC(CC1Cc2ccccc21)c1sccc1C. The Morgan fingerprint density at radius 2 is 2.16 bits per heavy atom. The third kappa shape index (κ3) is 2.47. The smallest absolute Gasteiger partial charge is 0.0423 e. The van der Waals surface area contributed by atoms with Gasteiger partial charge in [0.2, 0.25) is 0 Å². The number of rotatable bonds is 5. The van der Waals surface area contributed by atoms with Gasteiger partial charge in [0, 0.05) is 10.9 Å². The predicted molar refractivity (Wildman–Crippen MR) is 83.0 cm³/mol. The van der Waals surface area contributed by atoms with E-state index < -0.39 is 0 Å². The maximum absolute atomic E-state index is 3.67. The zero-order valence-electron chi connectivity index (χ0n) is 11.6. The lowest BCUT2D eigenvalue weighted by Gasteiger charge is -2.33. The molecule has 0 radical (unpaired) electrons. The first kappa shape index (κ1) is 12.9. The molecule has 100 valence electrons. The van der Waals surface area contributed by atoms with Crippen molar-refractivity contribution in [3.63, 3.8) is 0 Å². The van der Waals surface area contributed by atoms with E-state index in [1.54, 1.807) is 11.1 Å². The number of thiophene rings is 1. The molecule has 0 aliphatic heterocycles.